The van der Waals surface area contributed by atoms with E-state index in [-0.39, 0.29) is 31.8 Å². The van der Waals surface area contributed by atoms with Crippen LogP contribution in [0.1, 0.15) is 52.4 Å². The minimum atomic E-state index is -2.04. The summed E-state index contributed by atoms with van der Waals surface area (Å²) in [5.74, 6) is -5.73. The third-order valence-electron chi connectivity index (χ3n) is 9.07. The number of carbonyl (C=O) groups is 2. The molecule has 0 radical (unpaired) electrons. The number of cyclic esters (lactones) is 1. The number of esters is 1. The molecule has 3 fully saturated rings. The van der Waals surface area contributed by atoms with Crippen molar-refractivity contribution in [2.24, 2.45) is 17.6 Å². The van der Waals surface area contributed by atoms with E-state index in [2.05, 4.69) is 0 Å². The molecule has 13 heteroatoms. The molecule has 0 aromatic rings. The number of carbonyl (C=O) groups excluding carboxylic acids is 1. The maximum Gasteiger partial charge on any atom is 0.330 e. The second-order valence-corrected chi connectivity index (χ2v) is 13.1. The fourth-order valence-corrected chi connectivity index (χ4v) is 6.52. The van der Waals surface area contributed by atoms with Crippen LogP contribution in [0.25, 0.3) is 0 Å². The van der Waals surface area contributed by atoms with Crippen LogP contribution in [0, 0.1) is 11.8 Å². The van der Waals surface area contributed by atoms with Crippen molar-refractivity contribution in [3.05, 3.63) is 60.8 Å². The number of ether oxygens (including phenoxy) is 4. The summed E-state index contributed by atoms with van der Waals surface area (Å²) in [5, 5.41) is 64.3. The number of aliphatic carboxylic acids is 1. The summed E-state index contributed by atoms with van der Waals surface area (Å²) in [5.41, 5.74) is 6.06. The van der Waals surface area contributed by atoms with Gasteiger partial charge in [0.1, 0.15) is 18.1 Å². The van der Waals surface area contributed by atoms with Gasteiger partial charge in [0.15, 0.2) is 5.79 Å². The Hall–Kier alpha value is -2.72. The molecule has 2 unspecified atom stereocenters. The molecular weight excluding hydrogens is 614 g/mol. The van der Waals surface area contributed by atoms with Gasteiger partial charge in [-0.15, -0.1) is 0 Å². The Labute approximate surface area is 274 Å². The van der Waals surface area contributed by atoms with Gasteiger partial charge in [-0.25, -0.2) is 4.79 Å². The number of carboxylic acid groups (broad SMARTS) is 1. The number of epoxide rings is 1. The molecule has 3 saturated heterocycles. The Bertz CT molecular complexity index is 1220. The molecular formula is C34H49NO12. The van der Waals surface area contributed by atoms with Crippen molar-refractivity contribution in [1.29, 1.82) is 0 Å². The third kappa shape index (κ3) is 10.6. The van der Waals surface area contributed by atoms with E-state index < -0.39 is 97.0 Å². The number of aliphatic hydroxyl groups is 5. The lowest BCUT2D eigenvalue weighted by molar-refractivity contribution is -0.299. The van der Waals surface area contributed by atoms with Gasteiger partial charge in [-0.3, -0.25) is 4.79 Å². The van der Waals surface area contributed by atoms with Crippen LogP contribution >= 0.6 is 0 Å². The lowest BCUT2D eigenvalue weighted by Gasteiger charge is -2.45. The van der Waals surface area contributed by atoms with Crippen LogP contribution in [0.5, 0.6) is 0 Å². The first-order valence-electron chi connectivity index (χ1n) is 16.2. The average Bonchev–Trinajstić information content (AvgIpc) is 3.72. The molecule has 4 aliphatic rings. The maximum atomic E-state index is 12.3. The van der Waals surface area contributed by atoms with Gasteiger partial charge in [-0.05, 0) is 38.7 Å². The van der Waals surface area contributed by atoms with Crippen LogP contribution in [0.3, 0.4) is 0 Å². The molecule has 4 aliphatic heterocycles. The Morgan fingerprint density at radius 1 is 0.936 bits per heavy atom. The minimum absolute atomic E-state index is 0.0149. The first-order valence-corrected chi connectivity index (χ1v) is 16.2. The molecule has 0 saturated carbocycles. The minimum Gasteiger partial charge on any atom is -0.481 e. The zero-order valence-corrected chi connectivity index (χ0v) is 26.7. The van der Waals surface area contributed by atoms with E-state index in [1.165, 1.54) is 6.08 Å². The summed E-state index contributed by atoms with van der Waals surface area (Å²) in [6, 6.07) is -0.952. The van der Waals surface area contributed by atoms with Gasteiger partial charge in [0, 0.05) is 31.8 Å². The van der Waals surface area contributed by atoms with Gasteiger partial charge in [0.2, 0.25) is 0 Å². The number of nitrogens with two attached hydrogens (primary N) is 1. The summed E-state index contributed by atoms with van der Waals surface area (Å²) >= 11 is 0. The van der Waals surface area contributed by atoms with Gasteiger partial charge < -0.3 is 55.3 Å². The number of hydrogen-bond donors (Lipinski definition) is 7. The largest absolute Gasteiger partial charge is 0.481 e. The Morgan fingerprint density at radius 3 is 2.36 bits per heavy atom. The summed E-state index contributed by atoms with van der Waals surface area (Å²) in [4.78, 5) is 24.5. The van der Waals surface area contributed by atoms with Gasteiger partial charge in [-0.1, -0.05) is 48.6 Å². The number of rotatable bonds is 3. The Morgan fingerprint density at radius 2 is 1.64 bits per heavy atom. The number of fused-ring (bicyclic) bond motifs is 3. The SMILES string of the molecule is CC1O[C@@H](C[C@H]2/C=C/C=C/C=C/C=C/C[C@@H](C)OC(=O)/C=C/[C@H]3O[C@@H]3C[C@H](O)C[C@]3(O)C[C@H](O)[C@@H](C(=O)O)[C@H](C2)O3)[C@H](O)C(N)[C@@H]1O. The highest BCUT2D eigenvalue weighted by Gasteiger charge is 2.51. The summed E-state index contributed by atoms with van der Waals surface area (Å²) < 4.78 is 22.8. The summed E-state index contributed by atoms with van der Waals surface area (Å²) in [7, 11) is 0. The topological polar surface area (TPSA) is 222 Å². The second kappa shape index (κ2) is 16.6. The lowest BCUT2D eigenvalue weighted by atomic mass is 9.79. The van der Waals surface area contributed by atoms with Crippen LogP contribution in [0.15, 0.2) is 60.8 Å². The highest BCUT2D eigenvalue weighted by molar-refractivity contribution is 5.82. The lowest BCUT2D eigenvalue weighted by Crippen LogP contribution is -2.60. The molecule has 2 bridgehead atoms. The van der Waals surface area contributed by atoms with Crippen molar-refractivity contribution in [2.45, 2.75) is 125 Å². The number of aliphatic hydroxyl groups excluding tert-OH is 4. The standard InChI is InChI=1S/C34H49NO12/c1-19-10-8-6-4-3-5-7-9-11-21(15-27-32(40)30(35)31(39)20(2)45-27)14-26-29(33(41)42)23(37)18-34(43,47-26)17-22(36)16-25-24(46-25)12-13-28(38)44-19/h3-9,11-13,19-27,29-32,36-37,39-40,43H,10,14-18,35H2,1-2H3,(H,41,42)/b4-3+,7-5+,8-6+,11-9+,13-12+/t19-,20?,21+,22+,23+,24-,25-,26+,27+,29-,30?,31-,32+,34-/m1/s1. The number of allylic oxidation sites excluding steroid dienone is 7. The van der Waals surface area contributed by atoms with E-state index in [1.54, 1.807) is 50.3 Å². The molecule has 4 rings (SSSR count). The molecule has 0 spiro atoms. The van der Waals surface area contributed by atoms with Crippen LogP contribution in [0.4, 0.5) is 0 Å². The molecule has 14 atom stereocenters. The van der Waals surface area contributed by atoms with Gasteiger partial charge in [0.25, 0.3) is 0 Å². The molecule has 47 heavy (non-hydrogen) atoms. The zero-order chi connectivity index (χ0) is 34.3. The van der Waals surface area contributed by atoms with Crippen LogP contribution in [-0.2, 0) is 28.5 Å². The Balaban J connectivity index is 1.58. The van der Waals surface area contributed by atoms with Crippen molar-refractivity contribution < 1.29 is 59.2 Å². The van der Waals surface area contributed by atoms with E-state index >= 15 is 0 Å². The third-order valence-corrected chi connectivity index (χ3v) is 9.07. The first-order chi connectivity index (χ1) is 22.3. The van der Waals surface area contributed by atoms with Gasteiger partial charge in [0.05, 0.1) is 54.9 Å². The smallest absolute Gasteiger partial charge is 0.330 e. The molecule has 4 heterocycles. The van der Waals surface area contributed by atoms with Gasteiger partial charge >= 0.3 is 11.9 Å². The van der Waals surface area contributed by atoms with Crippen molar-refractivity contribution in [1.82, 2.24) is 0 Å². The first kappa shape index (κ1) is 37.1. The van der Waals surface area contributed by atoms with E-state index in [4.69, 9.17) is 24.7 Å². The van der Waals surface area contributed by atoms with E-state index in [0.717, 1.165) is 0 Å². The predicted molar refractivity (Wildman–Crippen MR) is 168 cm³/mol. The van der Waals surface area contributed by atoms with Crippen molar-refractivity contribution in [3.8, 4) is 0 Å². The number of hydrogen-bond acceptors (Lipinski definition) is 12. The van der Waals surface area contributed by atoms with Crippen molar-refractivity contribution in [2.75, 3.05) is 0 Å². The van der Waals surface area contributed by atoms with Gasteiger partial charge in [-0.2, -0.15) is 0 Å². The Kier molecular flexibility index (Phi) is 13.1. The average molecular weight is 664 g/mol. The molecule has 262 valence electrons. The van der Waals surface area contributed by atoms with Crippen molar-refractivity contribution >= 4 is 11.9 Å². The second-order valence-electron chi connectivity index (χ2n) is 13.1. The highest BCUT2D eigenvalue weighted by atomic mass is 16.6. The van der Waals surface area contributed by atoms with E-state index in [1.807, 2.05) is 18.2 Å². The quantitative estimate of drug-likeness (QED) is 0.164. The highest BCUT2D eigenvalue weighted by Crippen LogP contribution is 2.40. The summed E-state index contributed by atoms with van der Waals surface area (Å²) in [6.07, 6.45) is 8.57. The van der Waals surface area contributed by atoms with E-state index in [9.17, 15) is 40.2 Å². The fraction of sp³-hybridized carbons (Fsp3) is 0.647. The summed E-state index contributed by atoms with van der Waals surface area (Å²) in [6.45, 7) is 3.43. The molecule has 8 N–H and O–H groups in total. The van der Waals surface area contributed by atoms with Crippen LogP contribution < -0.4 is 5.73 Å². The fourth-order valence-electron chi connectivity index (χ4n) is 6.52. The van der Waals surface area contributed by atoms with Crippen LogP contribution in [-0.4, -0.2) is 115 Å². The molecule has 0 aliphatic carbocycles. The molecule has 0 amide bonds. The monoisotopic (exact) mass is 663 g/mol. The number of carboxylic acids is 1. The predicted octanol–water partition coefficient (Wildman–Crippen LogP) is 0.783. The normalized spacial score (nSPS) is 47.2. The molecule has 0 aromatic carbocycles. The molecule has 13 nitrogen and oxygen atoms in total. The van der Waals surface area contributed by atoms with Crippen LogP contribution in [0.2, 0.25) is 0 Å². The zero-order valence-electron chi connectivity index (χ0n) is 26.7. The van der Waals surface area contributed by atoms with E-state index in [0.29, 0.717) is 6.42 Å². The maximum absolute atomic E-state index is 12.3. The molecule has 0 aromatic heterocycles. The van der Waals surface area contributed by atoms with Crippen molar-refractivity contribution in [3.63, 3.8) is 0 Å².